The summed E-state index contributed by atoms with van der Waals surface area (Å²) < 4.78 is 5.97. The molecule has 0 spiro atoms. The predicted octanol–water partition coefficient (Wildman–Crippen LogP) is 3.46. The van der Waals surface area contributed by atoms with Gasteiger partial charge in [0.2, 0.25) is 5.88 Å². The van der Waals surface area contributed by atoms with Crippen molar-refractivity contribution in [1.82, 2.24) is 19.9 Å². The first-order valence-electron chi connectivity index (χ1n) is 9.26. The monoisotopic (exact) mass is 361 g/mol. The van der Waals surface area contributed by atoms with E-state index in [0.29, 0.717) is 12.5 Å². The third-order valence-corrected chi connectivity index (χ3v) is 4.73. The van der Waals surface area contributed by atoms with Crippen LogP contribution in [0.3, 0.4) is 0 Å². The fraction of sp³-hybridized carbons (Fsp3) is 0.333. The summed E-state index contributed by atoms with van der Waals surface area (Å²) in [5.74, 6) is 1.46. The summed E-state index contributed by atoms with van der Waals surface area (Å²) in [5.41, 5.74) is 5.22. The van der Waals surface area contributed by atoms with E-state index in [4.69, 9.17) is 14.7 Å². The molecule has 0 saturated heterocycles. The predicted molar refractivity (Wildman–Crippen MR) is 105 cm³/mol. The maximum atomic E-state index is 5.97. The summed E-state index contributed by atoms with van der Waals surface area (Å²) in [4.78, 5) is 20.2. The Morgan fingerprint density at radius 1 is 1.07 bits per heavy atom. The average Bonchev–Trinajstić information content (AvgIpc) is 2.72. The van der Waals surface area contributed by atoms with E-state index in [1.54, 1.807) is 12.4 Å². The molecule has 0 saturated carbocycles. The highest BCUT2D eigenvalue weighted by atomic mass is 16.5. The van der Waals surface area contributed by atoms with Gasteiger partial charge < -0.3 is 9.64 Å². The van der Waals surface area contributed by atoms with Gasteiger partial charge in [-0.1, -0.05) is 6.07 Å². The van der Waals surface area contributed by atoms with Gasteiger partial charge in [0.25, 0.3) is 0 Å². The van der Waals surface area contributed by atoms with Gasteiger partial charge >= 0.3 is 0 Å². The van der Waals surface area contributed by atoms with Crippen molar-refractivity contribution in [2.24, 2.45) is 0 Å². The average molecular weight is 361 g/mol. The molecule has 138 valence electrons. The molecule has 3 aromatic rings. The summed E-state index contributed by atoms with van der Waals surface area (Å²) >= 11 is 0. The lowest BCUT2D eigenvalue weighted by molar-refractivity contribution is 0.288. The van der Waals surface area contributed by atoms with Crippen LogP contribution in [-0.2, 0) is 19.4 Å². The van der Waals surface area contributed by atoms with E-state index in [2.05, 4.69) is 9.97 Å². The van der Waals surface area contributed by atoms with Crippen LogP contribution in [0.1, 0.15) is 29.8 Å². The highest BCUT2D eigenvalue weighted by Gasteiger charge is 2.19. The molecular weight excluding hydrogens is 338 g/mol. The minimum Gasteiger partial charge on any atom is -0.471 e. The second kappa shape index (κ2) is 7.70. The molecule has 3 aromatic heterocycles. The molecule has 0 aliphatic heterocycles. The molecule has 3 heterocycles. The molecule has 0 amide bonds. The lowest BCUT2D eigenvalue weighted by Crippen LogP contribution is -2.13. The summed E-state index contributed by atoms with van der Waals surface area (Å²) in [6.45, 7) is 0.398. The molecular formula is C21H23N5O. The first-order valence-corrected chi connectivity index (χ1v) is 9.26. The highest BCUT2D eigenvalue weighted by Crippen LogP contribution is 2.33. The zero-order valence-electron chi connectivity index (χ0n) is 15.7. The van der Waals surface area contributed by atoms with Gasteiger partial charge in [-0.15, -0.1) is 0 Å². The first kappa shape index (κ1) is 17.4. The fourth-order valence-electron chi connectivity index (χ4n) is 3.31. The Morgan fingerprint density at radius 3 is 2.78 bits per heavy atom. The van der Waals surface area contributed by atoms with Gasteiger partial charge in [-0.3, -0.25) is 9.97 Å². The number of hydrogen-bond donors (Lipinski definition) is 0. The number of rotatable bonds is 5. The highest BCUT2D eigenvalue weighted by molar-refractivity contribution is 5.67. The van der Waals surface area contributed by atoms with Gasteiger partial charge in [0, 0.05) is 37.6 Å². The minimum absolute atomic E-state index is 0.398. The van der Waals surface area contributed by atoms with Crippen LogP contribution >= 0.6 is 0 Å². The molecule has 6 nitrogen and oxygen atoms in total. The van der Waals surface area contributed by atoms with E-state index in [1.807, 2.05) is 49.5 Å². The molecule has 0 N–H and O–H groups in total. The van der Waals surface area contributed by atoms with Gasteiger partial charge in [0.1, 0.15) is 12.4 Å². The Labute approximate surface area is 159 Å². The second-order valence-corrected chi connectivity index (χ2v) is 6.91. The molecule has 6 heteroatoms. The molecule has 27 heavy (non-hydrogen) atoms. The lowest BCUT2D eigenvalue weighted by atomic mass is 9.91. The van der Waals surface area contributed by atoms with Gasteiger partial charge in [-0.05, 0) is 43.4 Å². The standard InChI is InChI=1S/C21H23N5O/c1-26(2)20-13-22-12-19(24-20)17-11-21(25-18-9-4-3-8-16(17)18)27-14-15-7-5-6-10-23-15/h5-7,10-13H,3-4,8-9,14H2,1-2H3. The number of nitrogens with zero attached hydrogens (tertiary/aromatic N) is 5. The minimum atomic E-state index is 0.398. The second-order valence-electron chi connectivity index (χ2n) is 6.91. The van der Waals surface area contributed by atoms with Gasteiger partial charge in [-0.2, -0.15) is 0 Å². The number of aryl methyl sites for hydroxylation is 1. The zero-order valence-corrected chi connectivity index (χ0v) is 15.7. The van der Waals surface area contributed by atoms with Crippen molar-refractivity contribution in [2.75, 3.05) is 19.0 Å². The molecule has 0 unspecified atom stereocenters. The van der Waals surface area contributed by atoms with E-state index in [9.17, 15) is 0 Å². The van der Waals surface area contributed by atoms with Crippen LogP contribution in [0.15, 0.2) is 42.9 Å². The molecule has 1 aliphatic rings. The molecule has 1 aliphatic carbocycles. The largest absolute Gasteiger partial charge is 0.471 e. The Morgan fingerprint density at radius 2 is 1.96 bits per heavy atom. The normalized spacial score (nSPS) is 13.1. The topological polar surface area (TPSA) is 64.0 Å². The van der Waals surface area contributed by atoms with Gasteiger partial charge in [0.05, 0.1) is 23.8 Å². The summed E-state index contributed by atoms with van der Waals surface area (Å²) in [6, 6.07) is 7.80. The van der Waals surface area contributed by atoms with E-state index >= 15 is 0 Å². The summed E-state index contributed by atoms with van der Waals surface area (Å²) in [5, 5.41) is 0. The Bertz CT molecular complexity index is 927. The van der Waals surface area contributed by atoms with Crippen LogP contribution in [0.5, 0.6) is 5.88 Å². The van der Waals surface area contributed by atoms with Crippen molar-refractivity contribution >= 4 is 5.82 Å². The Balaban J connectivity index is 1.70. The zero-order chi connectivity index (χ0) is 18.6. The van der Waals surface area contributed by atoms with Crippen molar-refractivity contribution in [3.8, 4) is 17.1 Å². The van der Waals surface area contributed by atoms with E-state index in [1.165, 1.54) is 12.0 Å². The quantitative estimate of drug-likeness (QED) is 0.693. The van der Waals surface area contributed by atoms with E-state index < -0.39 is 0 Å². The van der Waals surface area contributed by atoms with Crippen molar-refractivity contribution in [3.63, 3.8) is 0 Å². The van der Waals surface area contributed by atoms with Crippen LogP contribution in [0.4, 0.5) is 5.82 Å². The third-order valence-electron chi connectivity index (χ3n) is 4.73. The number of pyridine rings is 2. The Hall–Kier alpha value is -3.02. The Kier molecular flexibility index (Phi) is 4.96. The molecule has 0 fully saturated rings. The molecule has 0 atom stereocenters. The third kappa shape index (κ3) is 3.89. The first-order chi connectivity index (χ1) is 13.2. The van der Waals surface area contributed by atoms with Crippen LogP contribution in [-0.4, -0.2) is 34.0 Å². The van der Waals surface area contributed by atoms with Crippen LogP contribution < -0.4 is 9.64 Å². The van der Waals surface area contributed by atoms with Gasteiger partial charge in [-0.25, -0.2) is 9.97 Å². The van der Waals surface area contributed by atoms with E-state index in [0.717, 1.165) is 47.7 Å². The molecule has 0 bridgehead atoms. The number of anilines is 1. The smallest absolute Gasteiger partial charge is 0.214 e. The summed E-state index contributed by atoms with van der Waals surface area (Å²) in [7, 11) is 3.94. The van der Waals surface area contributed by atoms with Crippen LogP contribution in [0.2, 0.25) is 0 Å². The van der Waals surface area contributed by atoms with E-state index in [-0.39, 0.29) is 0 Å². The number of aromatic nitrogens is 4. The van der Waals surface area contributed by atoms with Crippen LogP contribution in [0.25, 0.3) is 11.3 Å². The summed E-state index contributed by atoms with van der Waals surface area (Å²) in [6.07, 6.45) is 9.70. The van der Waals surface area contributed by atoms with Crippen molar-refractivity contribution in [1.29, 1.82) is 0 Å². The number of fused-ring (bicyclic) bond motifs is 1. The number of ether oxygens (including phenoxy) is 1. The molecule has 0 radical (unpaired) electrons. The number of hydrogen-bond acceptors (Lipinski definition) is 6. The maximum absolute atomic E-state index is 5.97. The van der Waals surface area contributed by atoms with Crippen molar-refractivity contribution < 1.29 is 4.74 Å². The van der Waals surface area contributed by atoms with Crippen molar-refractivity contribution in [2.45, 2.75) is 32.3 Å². The fourth-order valence-corrected chi connectivity index (χ4v) is 3.31. The van der Waals surface area contributed by atoms with Crippen molar-refractivity contribution in [3.05, 3.63) is 59.8 Å². The SMILES string of the molecule is CN(C)c1cncc(-c2cc(OCc3ccccn3)nc3c2CCCC3)n1. The lowest BCUT2D eigenvalue weighted by Gasteiger charge is -2.20. The van der Waals surface area contributed by atoms with Crippen LogP contribution in [0, 0.1) is 0 Å². The van der Waals surface area contributed by atoms with Gasteiger partial charge in [0.15, 0.2) is 0 Å². The molecule has 4 rings (SSSR count). The maximum Gasteiger partial charge on any atom is 0.214 e. The molecule has 0 aromatic carbocycles.